The summed E-state index contributed by atoms with van der Waals surface area (Å²) in [5.41, 5.74) is 3.78. The summed E-state index contributed by atoms with van der Waals surface area (Å²) >= 11 is 0. The molecule has 0 saturated heterocycles. The molecule has 2 N–H and O–H groups in total. The Labute approximate surface area is 201 Å². The molecule has 2 aliphatic rings. The Hall–Kier alpha value is -2.97. The van der Waals surface area contributed by atoms with Crippen LogP contribution in [0.5, 0.6) is 0 Å². The first-order valence-corrected chi connectivity index (χ1v) is 13.2. The van der Waals surface area contributed by atoms with Crippen molar-refractivity contribution in [3.63, 3.8) is 0 Å². The van der Waals surface area contributed by atoms with Crippen molar-refractivity contribution in [2.24, 2.45) is 5.92 Å². The van der Waals surface area contributed by atoms with E-state index < -0.39 is 16.1 Å². The molecule has 4 rings (SSSR count). The first-order valence-electron chi connectivity index (χ1n) is 11.7. The third-order valence-corrected chi connectivity index (χ3v) is 7.83. The minimum atomic E-state index is -3.93. The number of amides is 2. The zero-order valence-electron chi connectivity index (χ0n) is 19.6. The highest BCUT2D eigenvalue weighted by Crippen LogP contribution is 2.26. The van der Waals surface area contributed by atoms with E-state index in [9.17, 15) is 18.0 Å². The second-order valence-corrected chi connectivity index (χ2v) is 10.9. The third-order valence-electron chi connectivity index (χ3n) is 6.39. The number of carbonyl (C=O) groups is 2. The number of aryl methyl sites for hydroxylation is 1. The molecule has 0 fully saturated rings. The van der Waals surface area contributed by atoms with Gasteiger partial charge in [-0.1, -0.05) is 50.3 Å². The van der Waals surface area contributed by atoms with E-state index >= 15 is 0 Å². The Balaban J connectivity index is 1.50. The van der Waals surface area contributed by atoms with Crippen molar-refractivity contribution in [2.75, 3.05) is 18.4 Å². The summed E-state index contributed by atoms with van der Waals surface area (Å²) in [5.74, 6) is -0.505. The number of fused-ring (bicyclic) bond motifs is 1. The lowest BCUT2D eigenvalue weighted by Crippen LogP contribution is -2.52. The molecular formula is C26H31N3O4S. The summed E-state index contributed by atoms with van der Waals surface area (Å²) in [6.07, 6.45) is 4.46. The molecule has 180 valence electrons. The second kappa shape index (κ2) is 10.1. The van der Waals surface area contributed by atoms with Gasteiger partial charge in [0.25, 0.3) is 0 Å². The maximum Gasteiger partial charge on any atom is 0.241 e. The van der Waals surface area contributed by atoms with Crippen LogP contribution in [0.4, 0.5) is 5.69 Å². The number of hydrogen-bond donors (Lipinski definition) is 2. The van der Waals surface area contributed by atoms with Crippen molar-refractivity contribution >= 4 is 33.1 Å². The van der Waals surface area contributed by atoms with Crippen LogP contribution in [0.25, 0.3) is 5.57 Å². The Kier molecular flexibility index (Phi) is 7.19. The molecule has 0 aromatic heterocycles. The molecule has 2 aliphatic heterocycles. The molecule has 0 radical (unpaired) electrons. The van der Waals surface area contributed by atoms with Gasteiger partial charge in [-0.15, -0.1) is 0 Å². The molecule has 0 saturated carbocycles. The highest BCUT2D eigenvalue weighted by molar-refractivity contribution is 7.89. The van der Waals surface area contributed by atoms with Crippen molar-refractivity contribution in [2.45, 2.75) is 50.5 Å². The highest BCUT2D eigenvalue weighted by atomic mass is 32.2. The summed E-state index contributed by atoms with van der Waals surface area (Å²) in [4.78, 5) is 26.9. The molecule has 0 spiro atoms. The lowest BCUT2D eigenvalue weighted by atomic mass is 9.98. The van der Waals surface area contributed by atoms with Gasteiger partial charge < -0.3 is 10.2 Å². The van der Waals surface area contributed by atoms with Crippen LogP contribution in [-0.4, -0.2) is 44.3 Å². The summed E-state index contributed by atoms with van der Waals surface area (Å²) in [5, 5.41) is 2.82. The fourth-order valence-electron chi connectivity index (χ4n) is 4.41. The van der Waals surface area contributed by atoms with Gasteiger partial charge in [0.1, 0.15) is 6.04 Å². The molecule has 34 heavy (non-hydrogen) atoms. The van der Waals surface area contributed by atoms with Crippen LogP contribution in [-0.2, 0) is 26.0 Å². The molecule has 2 aromatic carbocycles. The van der Waals surface area contributed by atoms with Gasteiger partial charge in [0.2, 0.25) is 21.8 Å². The van der Waals surface area contributed by atoms with E-state index in [2.05, 4.69) is 22.2 Å². The number of carbonyl (C=O) groups excluding carboxylic acids is 2. The van der Waals surface area contributed by atoms with Crippen molar-refractivity contribution in [3.8, 4) is 0 Å². The molecular weight excluding hydrogens is 450 g/mol. The molecule has 0 bridgehead atoms. The molecule has 1 atom stereocenters. The van der Waals surface area contributed by atoms with Crippen LogP contribution in [0.1, 0.15) is 44.2 Å². The Morgan fingerprint density at radius 2 is 1.82 bits per heavy atom. The molecule has 1 unspecified atom stereocenters. The molecule has 2 aromatic rings. The molecule has 2 amide bonds. The van der Waals surface area contributed by atoms with Crippen molar-refractivity contribution < 1.29 is 18.0 Å². The fourth-order valence-corrected chi connectivity index (χ4v) is 5.79. The van der Waals surface area contributed by atoms with E-state index in [1.165, 1.54) is 11.6 Å². The van der Waals surface area contributed by atoms with E-state index in [-0.39, 0.29) is 22.6 Å². The van der Waals surface area contributed by atoms with Crippen molar-refractivity contribution in [1.82, 2.24) is 9.62 Å². The average molecular weight is 482 g/mol. The summed E-state index contributed by atoms with van der Waals surface area (Å²) in [6, 6.07) is 13.9. The third kappa shape index (κ3) is 5.39. The van der Waals surface area contributed by atoms with E-state index in [1.807, 2.05) is 38.1 Å². The van der Waals surface area contributed by atoms with Crippen molar-refractivity contribution in [1.29, 1.82) is 0 Å². The van der Waals surface area contributed by atoms with Crippen LogP contribution in [0.3, 0.4) is 0 Å². The monoisotopic (exact) mass is 481 g/mol. The number of rotatable bonds is 6. The minimum absolute atomic E-state index is 0.0658. The predicted octanol–water partition coefficient (Wildman–Crippen LogP) is 3.58. The lowest BCUT2D eigenvalue weighted by molar-refractivity contribution is -0.133. The zero-order valence-corrected chi connectivity index (χ0v) is 20.4. The Morgan fingerprint density at radius 1 is 1.06 bits per heavy atom. The first kappa shape index (κ1) is 24.2. The predicted molar refractivity (Wildman–Crippen MR) is 133 cm³/mol. The van der Waals surface area contributed by atoms with Crippen LogP contribution in [0.15, 0.2) is 59.5 Å². The van der Waals surface area contributed by atoms with Gasteiger partial charge in [-0.25, -0.2) is 8.42 Å². The number of hydrogen-bond acceptors (Lipinski definition) is 4. The van der Waals surface area contributed by atoms with Crippen molar-refractivity contribution in [3.05, 3.63) is 65.7 Å². The molecule has 7 nitrogen and oxygen atoms in total. The fraction of sp³-hybridized carbons (Fsp3) is 0.385. The quantitative estimate of drug-likeness (QED) is 0.659. The summed E-state index contributed by atoms with van der Waals surface area (Å²) in [7, 11) is -3.93. The Morgan fingerprint density at radius 3 is 2.50 bits per heavy atom. The Bertz CT molecular complexity index is 1210. The smallest absolute Gasteiger partial charge is 0.241 e. The van der Waals surface area contributed by atoms with Gasteiger partial charge in [-0.05, 0) is 60.1 Å². The van der Waals surface area contributed by atoms with Crippen LogP contribution in [0, 0.1) is 5.92 Å². The van der Waals surface area contributed by atoms with E-state index in [4.69, 9.17) is 0 Å². The van der Waals surface area contributed by atoms with Gasteiger partial charge in [0.15, 0.2) is 0 Å². The van der Waals surface area contributed by atoms with Crippen LogP contribution in [0.2, 0.25) is 0 Å². The normalized spacial score (nSPS) is 17.4. The maximum atomic E-state index is 13.3. The van der Waals surface area contributed by atoms with Crippen LogP contribution < -0.4 is 10.0 Å². The standard InChI is InChI=1S/C26H31N3O4S/c1-18(2)25(26(31)29-15-13-20(14-16-29)19-7-4-3-5-8-19)28-34(32,33)22-11-12-23-21(17-22)9-6-10-24(30)27-23/h3-5,7-8,11-13,17-18,25,28H,6,9-10,14-16H2,1-2H3,(H,27,30). The SMILES string of the molecule is CC(C)C(NS(=O)(=O)c1ccc2c(c1)CCCC(=O)N2)C(=O)N1CC=C(c2ccccc2)CC1. The number of nitrogens with zero attached hydrogens (tertiary/aromatic N) is 1. The number of anilines is 1. The van der Waals surface area contributed by atoms with Gasteiger partial charge in [0, 0.05) is 25.2 Å². The highest BCUT2D eigenvalue weighted by Gasteiger charge is 2.32. The van der Waals surface area contributed by atoms with E-state index in [0.29, 0.717) is 38.0 Å². The second-order valence-electron chi connectivity index (χ2n) is 9.19. The maximum absolute atomic E-state index is 13.3. The molecule has 0 aliphatic carbocycles. The summed E-state index contributed by atoms with van der Waals surface area (Å²) in [6.45, 7) is 4.68. The zero-order chi connectivity index (χ0) is 24.3. The van der Waals surface area contributed by atoms with E-state index in [1.54, 1.807) is 17.0 Å². The first-order chi connectivity index (χ1) is 16.2. The number of nitrogens with one attached hydrogen (secondary N) is 2. The van der Waals surface area contributed by atoms with Gasteiger partial charge in [-0.2, -0.15) is 4.72 Å². The van der Waals surface area contributed by atoms with Gasteiger partial charge >= 0.3 is 0 Å². The number of sulfonamides is 1. The average Bonchev–Trinajstić information content (AvgIpc) is 3.02. The van der Waals surface area contributed by atoms with E-state index in [0.717, 1.165) is 17.5 Å². The minimum Gasteiger partial charge on any atom is -0.337 e. The van der Waals surface area contributed by atoms with Gasteiger partial charge in [-0.3, -0.25) is 9.59 Å². The number of benzene rings is 2. The molecule has 8 heteroatoms. The topological polar surface area (TPSA) is 95.6 Å². The summed E-state index contributed by atoms with van der Waals surface area (Å²) < 4.78 is 29.1. The largest absolute Gasteiger partial charge is 0.337 e. The lowest BCUT2D eigenvalue weighted by Gasteiger charge is -2.32. The van der Waals surface area contributed by atoms with Gasteiger partial charge in [0.05, 0.1) is 4.90 Å². The van der Waals surface area contributed by atoms with Crippen LogP contribution >= 0.6 is 0 Å². The molecule has 2 heterocycles.